The minimum Gasteiger partial charge on any atom is -0.494 e. The van der Waals surface area contributed by atoms with Crippen molar-refractivity contribution < 1.29 is 4.74 Å². The average Bonchev–Trinajstić information content (AvgIpc) is 2.83. The van der Waals surface area contributed by atoms with Crippen LogP contribution in [-0.2, 0) is 0 Å². The first-order valence-electron chi connectivity index (χ1n) is 4.98. The van der Waals surface area contributed by atoms with E-state index in [2.05, 4.69) is 15.0 Å². The fraction of sp³-hybridized carbons (Fsp3) is 0.167. The van der Waals surface area contributed by atoms with E-state index in [4.69, 9.17) is 4.74 Å². The molecule has 0 unspecified atom stereocenters. The summed E-state index contributed by atoms with van der Waals surface area (Å²) in [5.74, 6) is 0.765. The highest BCUT2D eigenvalue weighted by molar-refractivity contribution is 5.98. The maximum Gasteiger partial charge on any atom is 0.144 e. The Labute approximate surface area is 94.0 Å². The molecule has 0 bridgehead atoms. The summed E-state index contributed by atoms with van der Waals surface area (Å²) in [6.07, 6.45) is 3.38. The number of rotatable bonds is 3. The van der Waals surface area contributed by atoms with Crippen molar-refractivity contribution in [1.82, 2.24) is 9.97 Å². The molecule has 2 aromatic rings. The van der Waals surface area contributed by atoms with Gasteiger partial charge in [0, 0.05) is 0 Å². The largest absolute Gasteiger partial charge is 0.494 e. The van der Waals surface area contributed by atoms with E-state index < -0.39 is 0 Å². The first-order chi connectivity index (χ1) is 7.81. The molecular formula is C12H13N3O. The maximum absolute atomic E-state index is 5.23. The number of benzene rings is 1. The number of imidazole rings is 1. The highest BCUT2D eigenvalue weighted by Gasteiger charge is 2.02. The molecule has 1 aromatic carbocycles. The lowest BCUT2D eigenvalue weighted by atomic mass is 10.2. The van der Waals surface area contributed by atoms with Crippen LogP contribution in [0.4, 0.5) is 5.69 Å². The monoisotopic (exact) mass is 215 g/mol. The van der Waals surface area contributed by atoms with E-state index in [0.29, 0.717) is 0 Å². The minimum absolute atomic E-state index is 0.765. The Morgan fingerprint density at radius 3 is 2.88 bits per heavy atom. The lowest BCUT2D eigenvalue weighted by Crippen LogP contribution is -1.94. The topological polar surface area (TPSA) is 50.3 Å². The molecule has 1 aromatic heterocycles. The SMILES string of the molecule is COc1ccccc1/N=C(\C)c1cnc[nH]1. The van der Waals surface area contributed by atoms with Crippen LogP contribution in [-0.4, -0.2) is 22.8 Å². The molecule has 0 amide bonds. The van der Waals surface area contributed by atoms with Gasteiger partial charge in [-0.3, -0.25) is 0 Å². The summed E-state index contributed by atoms with van der Waals surface area (Å²) in [6, 6.07) is 7.66. The third-order valence-electron chi connectivity index (χ3n) is 2.26. The first kappa shape index (κ1) is 10.4. The molecule has 0 saturated heterocycles. The molecule has 2 rings (SSSR count). The molecule has 0 radical (unpaired) electrons. The highest BCUT2D eigenvalue weighted by atomic mass is 16.5. The van der Waals surface area contributed by atoms with Crippen LogP contribution in [0.2, 0.25) is 0 Å². The third kappa shape index (κ3) is 2.11. The highest BCUT2D eigenvalue weighted by Crippen LogP contribution is 2.26. The lowest BCUT2D eigenvalue weighted by Gasteiger charge is -2.04. The fourth-order valence-electron chi connectivity index (χ4n) is 1.42. The van der Waals surface area contributed by atoms with Gasteiger partial charge in [0.15, 0.2) is 0 Å². The average molecular weight is 215 g/mol. The van der Waals surface area contributed by atoms with Crippen molar-refractivity contribution >= 4 is 11.4 Å². The van der Waals surface area contributed by atoms with Crippen LogP contribution in [0.5, 0.6) is 5.75 Å². The summed E-state index contributed by atoms with van der Waals surface area (Å²) >= 11 is 0. The van der Waals surface area contributed by atoms with Crippen LogP contribution in [0.25, 0.3) is 0 Å². The minimum atomic E-state index is 0.765. The number of aromatic amines is 1. The molecule has 0 fully saturated rings. The lowest BCUT2D eigenvalue weighted by molar-refractivity contribution is 0.416. The summed E-state index contributed by atoms with van der Waals surface area (Å²) < 4.78 is 5.23. The molecule has 4 heteroatoms. The molecule has 82 valence electrons. The van der Waals surface area contributed by atoms with Gasteiger partial charge in [-0.2, -0.15) is 0 Å². The number of ether oxygens (including phenoxy) is 1. The standard InChI is InChI=1S/C12H13N3O/c1-9(11-7-13-8-14-11)15-10-5-3-4-6-12(10)16-2/h3-8H,1-2H3,(H,13,14)/b15-9+. The van der Waals surface area contributed by atoms with Crippen LogP contribution in [0.1, 0.15) is 12.6 Å². The van der Waals surface area contributed by atoms with Gasteiger partial charge in [0.05, 0.1) is 31.0 Å². The zero-order chi connectivity index (χ0) is 11.4. The number of aromatic nitrogens is 2. The van der Waals surface area contributed by atoms with Gasteiger partial charge in [0.25, 0.3) is 0 Å². The number of para-hydroxylation sites is 2. The second-order valence-electron chi connectivity index (χ2n) is 3.33. The van der Waals surface area contributed by atoms with Crippen molar-refractivity contribution in [2.24, 2.45) is 4.99 Å². The molecule has 0 atom stereocenters. The van der Waals surface area contributed by atoms with E-state index in [1.807, 2.05) is 31.2 Å². The van der Waals surface area contributed by atoms with Crippen LogP contribution >= 0.6 is 0 Å². The zero-order valence-electron chi connectivity index (χ0n) is 9.27. The number of aliphatic imine (C=N–C) groups is 1. The molecule has 1 heterocycles. The van der Waals surface area contributed by atoms with Gasteiger partial charge in [-0.1, -0.05) is 12.1 Å². The molecule has 4 nitrogen and oxygen atoms in total. The Hall–Kier alpha value is -2.10. The van der Waals surface area contributed by atoms with Gasteiger partial charge in [0.2, 0.25) is 0 Å². The Bertz CT molecular complexity index is 489. The Morgan fingerprint density at radius 2 is 2.19 bits per heavy atom. The quantitative estimate of drug-likeness (QED) is 0.800. The van der Waals surface area contributed by atoms with Gasteiger partial charge < -0.3 is 9.72 Å². The molecule has 16 heavy (non-hydrogen) atoms. The zero-order valence-corrected chi connectivity index (χ0v) is 9.27. The van der Waals surface area contributed by atoms with Crippen molar-refractivity contribution in [1.29, 1.82) is 0 Å². The Morgan fingerprint density at radius 1 is 1.38 bits per heavy atom. The van der Waals surface area contributed by atoms with Crippen LogP contribution in [0, 0.1) is 0 Å². The summed E-state index contributed by atoms with van der Waals surface area (Å²) in [5, 5.41) is 0. The summed E-state index contributed by atoms with van der Waals surface area (Å²) in [7, 11) is 1.64. The second-order valence-corrected chi connectivity index (χ2v) is 3.33. The predicted octanol–water partition coefficient (Wildman–Crippen LogP) is 2.56. The number of hydrogen-bond acceptors (Lipinski definition) is 3. The number of nitrogens with zero attached hydrogens (tertiary/aromatic N) is 2. The summed E-state index contributed by atoms with van der Waals surface area (Å²) in [5.41, 5.74) is 2.60. The Kier molecular flexibility index (Phi) is 3.00. The number of hydrogen-bond donors (Lipinski definition) is 1. The van der Waals surface area contributed by atoms with E-state index in [1.165, 1.54) is 0 Å². The molecule has 0 aliphatic heterocycles. The normalized spacial score (nSPS) is 11.5. The third-order valence-corrected chi connectivity index (χ3v) is 2.26. The van der Waals surface area contributed by atoms with Crippen molar-refractivity contribution in [2.45, 2.75) is 6.92 Å². The van der Waals surface area contributed by atoms with E-state index >= 15 is 0 Å². The van der Waals surface area contributed by atoms with Crippen molar-refractivity contribution in [3.8, 4) is 5.75 Å². The van der Waals surface area contributed by atoms with E-state index in [9.17, 15) is 0 Å². The van der Waals surface area contributed by atoms with Crippen LogP contribution < -0.4 is 4.74 Å². The number of H-pyrrole nitrogens is 1. The first-order valence-corrected chi connectivity index (χ1v) is 4.98. The van der Waals surface area contributed by atoms with Gasteiger partial charge in [0.1, 0.15) is 11.4 Å². The summed E-state index contributed by atoms with van der Waals surface area (Å²) in [6.45, 7) is 1.93. The van der Waals surface area contributed by atoms with Crippen LogP contribution in [0.15, 0.2) is 41.8 Å². The molecule has 0 aliphatic rings. The van der Waals surface area contributed by atoms with Crippen LogP contribution in [0.3, 0.4) is 0 Å². The molecule has 0 saturated carbocycles. The molecule has 1 N–H and O–H groups in total. The Balaban J connectivity index is 2.35. The van der Waals surface area contributed by atoms with E-state index in [-0.39, 0.29) is 0 Å². The van der Waals surface area contributed by atoms with Crippen molar-refractivity contribution in [3.05, 3.63) is 42.5 Å². The maximum atomic E-state index is 5.23. The number of nitrogens with one attached hydrogen (secondary N) is 1. The van der Waals surface area contributed by atoms with Gasteiger partial charge in [-0.15, -0.1) is 0 Å². The molecule has 0 spiro atoms. The predicted molar refractivity (Wildman–Crippen MR) is 63.5 cm³/mol. The van der Waals surface area contributed by atoms with E-state index in [1.54, 1.807) is 19.6 Å². The van der Waals surface area contributed by atoms with E-state index in [0.717, 1.165) is 22.8 Å². The van der Waals surface area contributed by atoms with Gasteiger partial charge in [-0.05, 0) is 19.1 Å². The molecule has 0 aliphatic carbocycles. The van der Waals surface area contributed by atoms with Crippen molar-refractivity contribution in [2.75, 3.05) is 7.11 Å². The second kappa shape index (κ2) is 4.61. The number of methoxy groups -OCH3 is 1. The molecular weight excluding hydrogens is 202 g/mol. The van der Waals surface area contributed by atoms with Crippen molar-refractivity contribution in [3.63, 3.8) is 0 Å². The van der Waals surface area contributed by atoms with Gasteiger partial charge in [-0.25, -0.2) is 9.98 Å². The fourth-order valence-corrected chi connectivity index (χ4v) is 1.42. The smallest absolute Gasteiger partial charge is 0.144 e. The van der Waals surface area contributed by atoms with Gasteiger partial charge >= 0.3 is 0 Å². The summed E-state index contributed by atoms with van der Waals surface area (Å²) in [4.78, 5) is 11.5.